The second-order valence-electron chi connectivity index (χ2n) is 3.63. The first-order valence-corrected chi connectivity index (χ1v) is 5.71. The minimum absolute atomic E-state index is 0.264. The summed E-state index contributed by atoms with van der Waals surface area (Å²) < 4.78 is 5.15. The molecule has 0 atom stereocenters. The number of rotatable bonds is 4. The number of methoxy groups -OCH3 is 1. The first kappa shape index (κ1) is 12.4. The second-order valence-corrected chi connectivity index (χ2v) is 4.00. The number of halogens is 1. The third kappa shape index (κ3) is 2.81. The van der Waals surface area contributed by atoms with Crippen molar-refractivity contribution in [3.63, 3.8) is 0 Å². The molecule has 1 aromatic carbocycles. The van der Waals surface area contributed by atoms with E-state index in [4.69, 9.17) is 22.1 Å². The van der Waals surface area contributed by atoms with Gasteiger partial charge in [0.25, 0.3) is 0 Å². The smallest absolute Gasteiger partial charge is 0.150 e. The summed E-state index contributed by atoms with van der Waals surface area (Å²) in [7, 11) is 1.63. The molecule has 0 bridgehead atoms. The zero-order chi connectivity index (χ0) is 13.0. The van der Waals surface area contributed by atoms with Crippen LogP contribution in [-0.4, -0.2) is 17.1 Å². The van der Waals surface area contributed by atoms with Gasteiger partial charge in [0.2, 0.25) is 0 Å². The lowest BCUT2D eigenvalue weighted by Crippen LogP contribution is -2.04. The van der Waals surface area contributed by atoms with Crippen molar-refractivity contribution in [2.24, 2.45) is 0 Å². The quantitative estimate of drug-likeness (QED) is 0.887. The highest BCUT2D eigenvalue weighted by atomic mass is 35.5. The topological polar surface area (TPSA) is 73.1 Å². The SMILES string of the molecule is COc1cccc(CNc2ncnc(N)c2Cl)c1. The predicted molar refractivity (Wildman–Crippen MR) is 71.8 cm³/mol. The van der Waals surface area contributed by atoms with Crippen LogP contribution in [0.1, 0.15) is 5.56 Å². The van der Waals surface area contributed by atoms with Crippen LogP contribution in [0.5, 0.6) is 5.75 Å². The van der Waals surface area contributed by atoms with Gasteiger partial charge in [-0.25, -0.2) is 9.97 Å². The molecule has 0 amide bonds. The molecule has 0 radical (unpaired) electrons. The maximum atomic E-state index is 5.98. The number of nitrogens with one attached hydrogen (secondary N) is 1. The van der Waals surface area contributed by atoms with E-state index in [1.165, 1.54) is 6.33 Å². The lowest BCUT2D eigenvalue weighted by atomic mass is 10.2. The van der Waals surface area contributed by atoms with Crippen molar-refractivity contribution in [2.75, 3.05) is 18.2 Å². The fourth-order valence-electron chi connectivity index (χ4n) is 1.47. The van der Waals surface area contributed by atoms with Gasteiger partial charge in [0.15, 0.2) is 5.82 Å². The molecule has 1 heterocycles. The van der Waals surface area contributed by atoms with E-state index in [2.05, 4.69) is 15.3 Å². The van der Waals surface area contributed by atoms with E-state index in [1.807, 2.05) is 24.3 Å². The van der Waals surface area contributed by atoms with Crippen molar-refractivity contribution < 1.29 is 4.74 Å². The van der Waals surface area contributed by atoms with Crippen LogP contribution < -0.4 is 15.8 Å². The van der Waals surface area contributed by atoms with Crippen LogP contribution in [0.3, 0.4) is 0 Å². The highest BCUT2D eigenvalue weighted by Gasteiger charge is 2.05. The molecule has 0 aliphatic carbocycles. The molecule has 3 N–H and O–H groups in total. The average molecular weight is 265 g/mol. The van der Waals surface area contributed by atoms with Gasteiger partial charge in [0.1, 0.15) is 22.9 Å². The Labute approximate surface area is 110 Å². The zero-order valence-corrected chi connectivity index (χ0v) is 10.6. The summed E-state index contributed by atoms with van der Waals surface area (Å²) in [6.07, 6.45) is 1.37. The monoisotopic (exact) mass is 264 g/mol. The summed E-state index contributed by atoms with van der Waals surface area (Å²) in [6.45, 7) is 0.577. The van der Waals surface area contributed by atoms with Gasteiger partial charge in [0, 0.05) is 6.54 Å². The van der Waals surface area contributed by atoms with E-state index in [9.17, 15) is 0 Å². The number of hydrogen-bond acceptors (Lipinski definition) is 5. The minimum atomic E-state index is 0.264. The van der Waals surface area contributed by atoms with Crippen molar-refractivity contribution in [2.45, 2.75) is 6.54 Å². The lowest BCUT2D eigenvalue weighted by Gasteiger charge is -2.09. The highest BCUT2D eigenvalue weighted by Crippen LogP contribution is 2.23. The Bertz CT molecular complexity index is 547. The Kier molecular flexibility index (Phi) is 3.84. The summed E-state index contributed by atoms with van der Waals surface area (Å²) in [5.74, 6) is 1.59. The molecule has 0 aliphatic heterocycles. The highest BCUT2D eigenvalue weighted by molar-refractivity contribution is 6.35. The number of nitrogen functional groups attached to an aromatic ring is 1. The van der Waals surface area contributed by atoms with E-state index >= 15 is 0 Å². The standard InChI is InChI=1S/C12H13ClN4O/c1-18-9-4-2-3-8(5-9)6-15-12-10(13)11(14)16-7-17-12/h2-5,7H,6H2,1H3,(H3,14,15,16,17). The van der Waals surface area contributed by atoms with Crippen molar-refractivity contribution >= 4 is 23.2 Å². The number of nitrogens with two attached hydrogens (primary N) is 1. The number of aromatic nitrogens is 2. The number of nitrogens with zero attached hydrogens (tertiary/aromatic N) is 2. The molecule has 0 saturated carbocycles. The number of hydrogen-bond donors (Lipinski definition) is 2. The molecule has 2 aromatic rings. The summed E-state index contributed by atoms with van der Waals surface area (Å²) in [4.78, 5) is 7.83. The van der Waals surface area contributed by atoms with Crippen LogP contribution in [0.25, 0.3) is 0 Å². The molecular weight excluding hydrogens is 252 g/mol. The van der Waals surface area contributed by atoms with E-state index in [1.54, 1.807) is 7.11 Å². The maximum Gasteiger partial charge on any atom is 0.150 e. The number of benzene rings is 1. The Morgan fingerprint density at radius 1 is 1.39 bits per heavy atom. The second kappa shape index (κ2) is 5.55. The van der Waals surface area contributed by atoms with Crippen molar-refractivity contribution in [1.82, 2.24) is 9.97 Å². The summed E-state index contributed by atoms with van der Waals surface area (Å²) >= 11 is 5.98. The Balaban J connectivity index is 2.09. The summed E-state index contributed by atoms with van der Waals surface area (Å²) in [6, 6.07) is 7.73. The number of anilines is 2. The van der Waals surface area contributed by atoms with Crippen LogP contribution in [0.4, 0.5) is 11.6 Å². The van der Waals surface area contributed by atoms with Crippen LogP contribution in [0, 0.1) is 0 Å². The molecule has 0 unspecified atom stereocenters. The van der Waals surface area contributed by atoms with Crippen LogP contribution >= 0.6 is 11.6 Å². The van der Waals surface area contributed by atoms with E-state index < -0.39 is 0 Å². The summed E-state index contributed by atoms with van der Waals surface area (Å²) in [5.41, 5.74) is 6.65. The van der Waals surface area contributed by atoms with Gasteiger partial charge >= 0.3 is 0 Å². The van der Waals surface area contributed by atoms with Crippen molar-refractivity contribution in [1.29, 1.82) is 0 Å². The molecule has 18 heavy (non-hydrogen) atoms. The largest absolute Gasteiger partial charge is 0.497 e. The Morgan fingerprint density at radius 2 is 2.22 bits per heavy atom. The molecule has 0 saturated heterocycles. The maximum absolute atomic E-state index is 5.98. The normalized spacial score (nSPS) is 10.1. The van der Waals surface area contributed by atoms with Gasteiger partial charge in [0.05, 0.1) is 7.11 Å². The summed E-state index contributed by atoms with van der Waals surface area (Å²) in [5, 5.41) is 3.44. The van der Waals surface area contributed by atoms with Gasteiger partial charge in [-0.3, -0.25) is 0 Å². The molecule has 0 aliphatic rings. The van der Waals surface area contributed by atoms with Gasteiger partial charge < -0.3 is 15.8 Å². The fourth-order valence-corrected chi connectivity index (χ4v) is 1.64. The third-order valence-corrected chi connectivity index (χ3v) is 2.78. The predicted octanol–water partition coefficient (Wildman–Crippen LogP) is 2.33. The Morgan fingerprint density at radius 3 is 3.00 bits per heavy atom. The van der Waals surface area contributed by atoms with Crippen LogP contribution in [0.15, 0.2) is 30.6 Å². The van der Waals surface area contributed by atoms with Crippen molar-refractivity contribution in [3.05, 3.63) is 41.2 Å². The number of ether oxygens (including phenoxy) is 1. The average Bonchev–Trinajstić information content (AvgIpc) is 2.41. The van der Waals surface area contributed by atoms with Gasteiger partial charge in [-0.1, -0.05) is 23.7 Å². The minimum Gasteiger partial charge on any atom is -0.497 e. The van der Waals surface area contributed by atoms with E-state index in [-0.39, 0.29) is 5.82 Å². The van der Waals surface area contributed by atoms with E-state index in [0.29, 0.717) is 17.4 Å². The fraction of sp³-hybridized carbons (Fsp3) is 0.167. The third-order valence-electron chi connectivity index (χ3n) is 2.41. The van der Waals surface area contributed by atoms with Gasteiger partial charge in [-0.15, -0.1) is 0 Å². The molecule has 6 heteroatoms. The van der Waals surface area contributed by atoms with Gasteiger partial charge in [-0.2, -0.15) is 0 Å². The molecule has 2 rings (SSSR count). The molecule has 1 aromatic heterocycles. The van der Waals surface area contributed by atoms with Crippen LogP contribution in [-0.2, 0) is 6.54 Å². The Hall–Kier alpha value is -2.01. The molecular formula is C12H13ClN4O. The molecule has 5 nitrogen and oxygen atoms in total. The lowest BCUT2D eigenvalue weighted by molar-refractivity contribution is 0.414. The molecule has 0 spiro atoms. The first-order valence-electron chi connectivity index (χ1n) is 5.33. The first-order chi connectivity index (χ1) is 8.70. The zero-order valence-electron chi connectivity index (χ0n) is 9.85. The van der Waals surface area contributed by atoms with Crippen LogP contribution in [0.2, 0.25) is 5.02 Å². The molecule has 94 valence electrons. The van der Waals surface area contributed by atoms with E-state index in [0.717, 1.165) is 11.3 Å². The molecule has 0 fully saturated rings. The van der Waals surface area contributed by atoms with Gasteiger partial charge in [-0.05, 0) is 17.7 Å². The van der Waals surface area contributed by atoms with Crippen molar-refractivity contribution in [3.8, 4) is 5.75 Å².